The molecule has 1 N–H and O–H groups in total. The van der Waals surface area contributed by atoms with E-state index in [1.807, 2.05) is 0 Å². The normalized spacial score (nSPS) is 15.6. The molecule has 11 nitrogen and oxygen atoms in total. The van der Waals surface area contributed by atoms with E-state index in [-0.39, 0.29) is 13.2 Å². The predicted octanol–water partition coefficient (Wildman–Crippen LogP) is 0.0241. The minimum atomic E-state index is -0.905. The first-order valence-electron chi connectivity index (χ1n) is 11.4. The van der Waals surface area contributed by atoms with Crippen molar-refractivity contribution in [3.05, 3.63) is 45.1 Å². The second-order valence-electron chi connectivity index (χ2n) is 8.46. The molecule has 1 fully saturated rings. The van der Waals surface area contributed by atoms with Gasteiger partial charge in [0.2, 0.25) is 5.95 Å². The fourth-order valence-corrected chi connectivity index (χ4v) is 4.24. The summed E-state index contributed by atoms with van der Waals surface area (Å²) in [7, 11) is 4.64. The maximum atomic E-state index is 13.1. The lowest BCUT2D eigenvalue weighted by atomic mass is 10.3. The first kappa shape index (κ1) is 23.8. The van der Waals surface area contributed by atoms with Crippen molar-refractivity contribution in [2.45, 2.75) is 19.6 Å². The van der Waals surface area contributed by atoms with Gasteiger partial charge in [0.15, 0.2) is 11.2 Å². The van der Waals surface area contributed by atoms with Gasteiger partial charge in [-0.25, -0.2) is 4.79 Å². The summed E-state index contributed by atoms with van der Waals surface area (Å²) >= 11 is 0. The molecule has 1 aliphatic rings. The van der Waals surface area contributed by atoms with E-state index in [9.17, 15) is 14.7 Å². The van der Waals surface area contributed by atoms with Crippen molar-refractivity contribution in [3.8, 4) is 11.5 Å². The van der Waals surface area contributed by atoms with Crippen LogP contribution in [0.4, 0.5) is 5.95 Å². The molecular formula is C23H32N6O5. The third-order valence-electron chi connectivity index (χ3n) is 6.33. The zero-order valence-corrected chi connectivity index (χ0v) is 20.1. The average molecular weight is 473 g/mol. The molecule has 1 aliphatic heterocycles. The number of ether oxygens (including phenoxy) is 2. The van der Waals surface area contributed by atoms with Gasteiger partial charge in [-0.3, -0.25) is 13.9 Å². The number of aliphatic hydroxyl groups is 1. The average Bonchev–Trinajstić information content (AvgIpc) is 3.24. The lowest BCUT2D eigenvalue weighted by Gasteiger charge is -2.35. The monoisotopic (exact) mass is 472 g/mol. The Hall–Kier alpha value is -3.31. The number of aryl methyl sites for hydroxylation is 1. The molecule has 3 aromatic rings. The molecule has 0 amide bonds. The van der Waals surface area contributed by atoms with E-state index in [1.165, 1.54) is 11.6 Å². The van der Waals surface area contributed by atoms with Gasteiger partial charge in [0, 0.05) is 40.3 Å². The number of rotatable bonds is 8. The van der Waals surface area contributed by atoms with Crippen molar-refractivity contribution in [2.75, 3.05) is 51.3 Å². The highest BCUT2D eigenvalue weighted by atomic mass is 16.5. The number of nitrogens with zero attached hydrogens (tertiary/aromatic N) is 6. The Bertz CT molecular complexity index is 1250. The molecular weight excluding hydrogens is 440 g/mol. The minimum Gasteiger partial charge on any atom is -0.497 e. The van der Waals surface area contributed by atoms with Gasteiger partial charge in [0.1, 0.15) is 24.2 Å². The fourth-order valence-electron chi connectivity index (χ4n) is 4.24. The third-order valence-corrected chi connectivity index (χ3v) is 6.33. The highest BCUT2D eigenvalue weighted by Crippen LogP contribution is 2.22. The van der Waals surface area contributed by atoms with Crippen LogP contribution in [0, 0.1) is 0 Å². The molecule has 0 aliphatic carbocycles. The van der Waals surface area contributed by atoms with Crippen molar-refractivity contribution in [3.63, 3.8) is 0 Å². The summed E-state index contributed by atoms with van der Waals surface area (Å²) in [6.45, 7) is 6.46. The van der Waals surface area contributed by atoms with Crippen LogP contribution in [0.5, 0.6) is 11.5 Å². The van der Waals surface area contributed by atoms with E-state index < -0.39 is 17.4 Å². The number of benzene rings is 1. The largest absolute Gasteiger partial charge is 0.497 e. The van der Waals surface area contributed by atoms with Crippen LogP contribution in [0.1, 0.15) is 6.92 Å². The van der Waals surface area contributed by atoms with Gasteiger partial charge in [-0.1, -0.05) is 6.92 Å². The van der Waals surface area contributed by atoms with Crippen LogP contribution in [0.2, 0.25) is 0 Å². The molecule has 3 heterocycles. The molecule has 34 heavy (non-hydrogen) atoms. The molecule has 2 aromatic heterocycles. The number of likely N-dealkylation sites (N-methyl/N-ethyl adjacent to an activating group) is 1. The van der Waals surface area contributed by atoms with Crippen molar-refractivity contribution in [1.29, 1.82) is 0 Å². The summed E-state index contributed by atoms with van der Waals surface area (Å²) in [6.07, 6.45) is -0.905. The van der Waals surface area contributed by atoms with Gasteiger partial charge in [-0.05, 0) is 30.8 Å². The van der Waals surface area contributed by atoms with E-state index in [4.69, 9.17) is 14.5 Å². The Morgan fingerprint density at radius 1 is 1.03 bits per heavy atom. The number of anilines is 1. The molecule has 0 saturated carbocycles. The van der Waals surface area contributed by atoms with Crippen LogP contribution >= 0.6 is 0 Å². The second-order valence-corrected chi connectivity index (χ2v) is 8.46. The summed E-state index contributed by atoms with van der Waals surface area (Å²) in [5.41, 5.74) is -0.273. The zero-order chi connectivity index (χ0) is 24.4. The Morgan fingerprint density at radius 3 is 2.29 bits per heavy atom. The Morgan fingerprint density at radius 2 is 1.68 bits per heavy atom. The van der Waals surface area contributed by atoms with Gasteiger partial charge in [-0.2, -0.15) is 4.98 Å². The highest BCUT2D eigenvalue weighted by Gasteiger charge is 2.26. The Labute approximate surface area is 197 Å². The number of aromatic nitrogens is 4. The van der Waals surface area contributed by atoms with E-state index >= 15 is 0 Å². The standard InChI is InChI=1S/C23H32N6O5/c1-5-27-10-12-28(13-11-27)22-24-20-19(21(31)26(3)23(32)25(20)2)29(22)14-16(30)15-34-18-8-6-17(33-4)7-9-18/h6-9,16,30H,5,10-15H2,1-4H3. The molecule has 4 rings (SSSR count). The first-order chi connectivity index (χ1) is 16.3. The van der Waals surface area contributed by atoms with Crippen molar-refractivity contribution < 1.29 is 14.6 Å². The van der Waals surface area contributed by atoms with Gasteiger partial charge < -0.3 is 28.9 Å². The van der Waals surface area contributed by atoms with Gasteiger partial charge >= 0.3 is 5.69 Å². The van der Waals surface area contributed by atoms with Crippen LogP contribution in [0.25, 0.3) is 11.2 Å². The number of piperazine rings is 1. The molecule has 0 bridgehead atoms. The molecule has 0 spiro atoms. The maximum absolute atomic E-state index is 13.1. The van der Waals surface area contributed by atoms with E-state index in [1.54, 1.807) is 43.0 Å². The number of hydrogen-bond acceptors (Lipinski definition) is 8. The molecule has 11 heteroatoms. The first-order valence-corrected chi connectivity index (χ1v) is 11.4. The quantitative estimate of drug-likeness (QED) is 0.489. The van der Waals surface area contributed by atoms with Crippen LogP contribution in [-0.4, -0.2) is 81.2 Å². The Kier molecular flexibility index (Phi) is 6.94. The van der Waals surface area contributed by atoms with E-state index in [0.717, 1.165) is 37.3 Å². The van der Waals surface area contributed by atoms with Gasteiger partial charge in [0.05, 0.1) is 13.7 Å². The van der Waals surface area contributed by atoms with Gasteiger partial charge in [-0.15, -0.1) is 0 Å². The molecule has 0 radical (unpaired) electrons. The van der Waals surface area contributed by atoms with E-state index in [2.05, 4.69) is 16.7 Å². The summed E-state index contributed by atoms with van der Waals surface area (Å²) in [5.74, 6) is 1.89. The lowest BCUT2D eigenvalue weighted by Crippen LogP contribution is -2.47. The van der Waals surface area contributed by atoms with Crippen LogP contribution in [0.15, 0.2) is 33.9 Å². The summed E-state index contributed by atoms with van der Waals surface area (Å²) in [6, 6.07) is 7.09. The molecule has 1 atom stereocenters. The summed E-state index contributed by atoms with van der Waals surface area (Å²) in [4.78, 5) is 34.7. The van der Waals surface area contributed by atoms with Gasteiger partial charge in [0.25, 0.3) is 5.56 Å². The van der Waals surface area contributed by atoms with Crippen LogP contribution in [0.3, 0.4) is 0 Å². The summed E-state index contributed by atoms with van der Waals surface area (Å²) < 4.78 is 15.1. The number of methoxy groups -OCH3 is 1. The third kappa shape index (κ3) is 4.53. The fraction of sp³-hybridized carbons (Fsp3) is 0.522. The van der Waals surface area contributed by atoms with Crippen molar-refractivity contribution >= 4 is 17.1 Å². The minimum absolute atomic E-state index is 0.0289. The zero-order valence-electron chi connectivity index (χ0n) is 20.1. The number of imidazole rings is 1. The van der Waals surface area contributed by atoms with Crippen molar-refractivity contribution in [2.24, 2.45) is 14.1 Å². The molecule has 1 aromatic carbocycles. The predicted molar refractivity (Wildman–Crippen MR) is 129 cm³/mol. The number of fused-ring (bicyclic) bond motifs is 1. The SMILES string of the molecule is CCN1CCN(c2nc3c(c(=O)n(C)c(=O)n3C)n2CC(O)COc2ccc(OC)cc2)CC1. The maximum Gasteiger partial charge on any atom is 0.332 e. The smallest absolute Gasteiger partial charge is 0.332 e. The topological polar surface area (TPSA) is 107 Å². The van der Waals surface area contributed by atoms with Crippen LogP contribution < -0.4 is 25.6 Å². The molecule has 1 unspecified atom stereocenters. The molecule has 1 saturated heterocycles. The Balaban J connectivity index is 1.64. The summed E-state index contributed by atoms with van der Waals surface area (Å²) in [5, 5.41) is 10.8. The van der Waals surface area contributed by atoms with Crippen molar-refractivity contribution in [1.82, 2.24) is 23.6 Å². The molecule has 184 valence electrons. The van der Waals surface area contributed by atoms with Crippen LogP contribution in [-0.2, 0) is 20.6 Å². The van der Waals surface area contributed by atoms with E-state index in [0.29, 0.717) is 28.6 Å². The highest BCUT2D eigenvalue weighted by molar-refractivity contribution is 5.74. The second kappa shape index (κ2) is 9.90. The number of aliphatic hydroxyl groups excluding tert-OH is 1. The lowest BCUT2D eigenvalue weighted by molar-refractivity contribution is 0.0935. The number of hydrogen-bond donors (Lipinski definition) is 1.